The Labute approximate surface area is 134 Å². The number of hydrogen-bond donors (Lipinski definition) is 0. The molecule has 0 saturated heterocycles. The molecule has 21 heavy (non-hydrogen) atoms. The van der Waals surface area contributed by atoms with Gasteiger partial charge < -0.3 is 0 Å². The predicted octanol–water partition coefficient (Wildman–Crippen LogP) is 7.22. The molecule has 0 rings (SSSR count). The Morgan fingerprint density at radius 3 is 1.81 bits per heavy atom. The highest BCUT2D eigenvalue weighted by Gasteiger charge is 2.05. The van der Waals surface area contributed by atoms with Crippen molar-refractivity contribution in [3.8, 4) is 6.07 Å². The van der Waals surface area contributed by atoms with E-state index in [0.29, 0.717) is 0 Å². The first-order chi connectivity index (χ1) is 10.3. The summed E-state index contributed by atoms with van der Waals surface area (Å²) in [6.07, 6.45) is 22.2. The molecule has 0 fully saturated rings. The van der Waals surface area contributed by atoms with Crippen LogP contribution in [0.15, 0.2) is 0 Å². The summed E-state index contributed by atoms with van der Waals surface area (Å²) < 4.78 is 0. The van der Waals surface area contributed by atoms with Gasteiger partial charge >= 0.3 is 0 Å². The van der Waals surface area contributed by atoms with Gasteiger partial charge in [-0.05, 0) is 12.3 Å². The largest absolute Gasteiger partial charge is 0.198 e. The third-order valence-corrected chi connectivity index (χ3v) is 4.60. The summed E-state index contributed by atoms with van der Waals surface area (Å²) in [7, 11) is 0. The summed E-state index contributed by atoms with van der Waals surface area (Å²) in [5.41, 5.74) is 0. The van der Waals surface area contributed by atoms with Gasteiger partial charge in [-0.3, -0.25) is 0 Å². The van der Waals surface area contributed by atoms with Crippen LogP contribution in [0.2, 0.25) is 0 Å². The fourth-order valence-corrected chi connectivity index (χ4v) is 3.04. The summed E-state index contributed by atoms with van der Waals surface area (Å²) in [6.45, 7) is 4.66. The van der Waals surface area contributed by atoms with Gasteiger partial charge in [-0.2, -0.15) is 5.26 Å². The van der Waals surface area contributed by atoms with E-state index in [1.54, 1.807) is 6.42 Å². The van der Waals surface area contributed by atoms with Crippen LogP contribution in [-0.2, 0) is 0 Å². The zero-order chi connectivity index (χ0) is 15.6. The number of rotatable bonds is 16. The topological polar surface area (TPSA) is 23.8 Å². The van der Waals surface area contributed by atoms with E-state index in [-0.39, 0.29) is 0 Å². The minimum absolute atomic E-state index is 0.979. The van der Waals surface area contributed by atoms with Crippen LogP contribution in [0.3, 0.4) is 0 Å². The van der Waals surface area contributed by atoms with E-state index >= 15 is 0 Å². The van der Waals surface area contributed by atoms with Gasteiger partial charge in [-0.1, -0.05) is 104 Å². The van der Waals surface area contributed by atoms with Crippen molar-refractivity contribution in [3.63, 3.8) is 0 Å². The van der Waals surface area contributed by atoms with Crippen molar-refractivity contribution in [1.82, 2.24) is 0 Å². The third-order valence-electron chi connectivity index (χ3n) is 4.60. The molecule has 0 aliphatic heterocycles. The minimum Gasteiger partial charge on any atom is -0.198 e. The monoisotopic (exact) mass is 292 g/mol. The van der Waals surface area contributed by atoms with Gasteiger partial charge in [-0.15, -0.1) is 0 Å². The van der Waals surface area contributed by atoms with Gasteiger partial charge in [0, 0.05) is 0 Å². The molecule has 0 aliphatic carbocycles. The van der Waals surface area contributed by atoms with Crippen LogP contribution in [0.5, 0.6) is 0 Å². The Bertz CT molecular complexity index is 228. The van der Waals surface area contributed by atoms with Crippen LogP contribution >= 0.6 is 0 Å². The lowest BCUT2D eigenvalue weighted by atomic mass is 9.92. The molecule has 1 nitrogen and oxygen atoms in total. The summed E-state index contributed by atoms with van der Waals surface area (Å²) in [6, 6.07) is 2.10. The minimum atomic E-state index is 0.979. The summed E-state index contributed by atoms with van der Waals surface area (Å²) in [4.78, 5) is 0. The van der Waals surface area contributed by atoms with E-state index in [1.807, 2.05) is 0 Å². The molecular weight excluding hydrogens is 254 g/mol. The summed E-state index contributed by atoms with van der Waals surface area (Å²) in [5.74, 6) is 0.993. The molecule has 1 unspecified atom stereocenters. The molecule has 1 radical (unpaired) electrons. The molecule has 0 aromatic rings. The Hall–Kier alpha value is -0.510. The van der Waals surface area contributed by atoms with Gasteiger partial charge in [0.05, 0.1) is 12.5 Å². The maximum Gasteiger partial charge on any atom is 0.0669 e. The fourth-order valence-electron chi connectivity index (χ4n) is 3.04. The summed E-state index contributed by atoms with van der Waals surface area (Å²) >= 11 is 0. The van der Waals surface area contributed by atoms with Crippen molar-refractivity contribution in [2.45, 2.75) is 110 Å². The molecule has 0 saturated carbocycles. The zero-order valence-corrected chi connectivity index (χ0v) is 14.7. The van der Waals surface area contributed by atoms with Gasteiger partial charge in [0.2, 0.25) is 0 Å². The first-order valence-corrected chi connectivity index (χ1v) is 9.56. The van der Waals surface area contributed by atoms with Crippen LogP contribution in [0, 0.1) is 23.7 Å². The quantitative estimate of drug-likeness (QED) is 0.275. The van der Waals surface area contributed by atoms with Crippen LogP contribution < -0.4 is 0 Å². The SMILES string of the molecule is CCCCCC(CC)CCCCCCCCCC[CH]C#N. The van der Waals surface area contributed by atoms with Crippen LogP contribution in [-0.4, -0.2) is 0 Å². The van der Waals surface area contributed by atoms with Crippen molar-refractivity contribution in [2.75, 3.05) is 0 Å². The van der Waals surface area contributed by atoms with E-state index < -0.39 is 0 Å². The molecule has 0 aromatic heterocycles. The van der Waals surface area contributed by atoms with E-state index in [1.165, 1.54) is 89.9 Å². The first kappa shape index (κ1) is 20.5. The number of nitrogens with zero attached hydrogens (tertiary/aromatic N) is 1. The highest BCUT2D eigenvalue weighted by atomic mass is 14.2. The normalized spacial score (nSPS) is 12.2. The fraction of sp³-hybridized carbons (Fsp3) is 0.900. The molecule has 0 heterocycles. The number of nitriles is 1. The molecule has 0 aliphatic rings. The van der Waals surface area contributed by atoms with E-state index in [0.717, 1.165) is 12.3 Å². The van der Waals surface area contributed by atoms with E-state index in [2.05, 4.69) is 19.9 Å². The highest BCUT2D eigenvalue weighted by Crippen LogP contribution is 2.21. The molecule has 0 spiro atoms. The Kier molecular flexibility index (Phi) is 17.1. The molecule has 1 heteroatoms. The van der Waals surface area contributed by atoms with E-state index in [9.17, 15) is 0 Å². The molecule has 1 atom stereocenters. The highest BCUT2D eigenvalue weighted by molar-refractivity contribution is 4.90. The second-order valence-corrected chi connectivity index (χ2v) is 6.51. The molecule has 123 valence electrons. The van der Waals surface area contributed by atoms with Crippen molar-refractivity contribution in [3.05, 3.63) is 6.42 Å². The molecule has 0 aromatic carbocycles. The van der Waals surface area contributed by atoms with Crippen molar-refractivity contribution in [1.29, 1.82) is 5.26 Å². The average Bonchev–Trinajstić information content (AvgIpc) is 2.51. The molecular formula is C20H38N. The van der Waals surface area contributed by atoms with Gasteiger partial charge in [0.15, 0.2) is 0 Å². The molecule has 0 bridgehead atoms. The van der Waals surface area contributed by atoms with Crippen molar-refractivity contribution < 1.29 is 0 Å². The lowest BCUT2D eigenvalue weighted by Crippen LogP contribution is -1.99. The van der Waals surface area contributed by atoms with Crippen LogP contribution in [0.25, 0.3) is 0 Å². The average molecular weight is 293 g/mol. The van der Waals surface area contributed by atoms with Gasteiger partial charge in [0.1, 0.15) is 0 Å². The first-order valence-electron chi connectivity index (χ1n) is 9.56. The second kappa shape index (κ2) is 17.5. The Morgan fingerprint density at radius 2 is 1.29 bits per heavy atom. The lowest BCUT2D eigenvalue weighted by Gasteiger charge is -2.14. The standard InChI is InChI=1S/C20H38N/c1-3-5-14-17-20(4-2)18-15-12-10-8-6-7-9-11-13-16-19-21/h16,20H,3-15,17-18H2,1-2H3. The number of unbranched alkanes of at least 4 members (excludes halogenated alkanes) is 11. The zero-order valence-electron chi connectivity index (χ0n) is 14.7. The van der Waals surface area contributed by atoms with Crippen molar-refractivity contribution >= 4 is 0 Å². The number of hydrogen-bond acceptors (Lipinski definition) is 1. The van der Waals surface area contributed by atoms with Crippen LogP contribution in [0.1, 0.15) is 110 Å². The van der Waals surface area contributed by atoms with E-state index in [4.69, 9.17) is 5.26 Å². The third kappa shape index (κ3) is 15.7. The Balaban J connectivity index is 3.21. The van der Waals surface area contributed by atoms with Crippen molar-refractivity contribution in [2.24, 2.45) is 5.92 Å². The molecule has 0 N–H and O–H groups in total. The Morgan fingerprint density at radius 1 is 0.762 bits per heavy atom. The van der Waals surface area contributed by atoms with Gasteiger partial charge in [-0.25, -0.2) is 0 Å². The maximum atomic E-state index is 8.40. The molecule has 0 amide bonds. The summed E-state index contributed by atoms with van der Waals surface area (Å²) in [5, 5.41) is 8.40. The van der Waals surface area contributed by atoms with Crippen LogP contribution in [0.4, 0.5) is 0 Å². The maximum absolute atomic E-state index is 8.40. The predicted molar refractivity (Wildman–Crippen MR) is 94.0 cm³/mol. The smallest absolute Gasteiger partial charge is 0.0669 e. The lowest BCUT2D eigenvalue weighted by molar-refractivity contribution is 0.395. The van der Waals surface area contributed by atoms with Gasteiger partial charge in [0.25, 0.3) is 0 Å². The second-order valence-electron chi connectivity index (χ2n) is 6.51.